The molecule has 3 aromatic rings. The molecule has 0 bridgehead atoms. The Morgan fingerprint density at radius 1 is 1.47 bits per heavy atom. The van der Waals surface area contributed by atoms with Crippen molar-refractivity contribution >= 4 is 38.3 Å². The summed E-state index contributed by atoms with van der Waals surface area (Å²) in [7, 11) is 0. The van der Waals surface area contributed by atoms with E-state index in [2.05, 4.69) is 22.2 Å². The van der Waals surface area contributed by atoms with E-state index in [1.165, 1.54) is 0 Å². The van der Waals surface area contributed by atoms with Crippen LogP contribution in [0.4, 0.5) is 5.13 Å². The Kier molecular flexibility index (Phi) is 3.40. The molecule has 0 saturated heterocycles. The summed E-state index contributed by atoms with van der Waals surface area (Å²) < 4.78 is 3.18. The first-order valence-electron chi connectivity index (χ1n) is 5.99. The largest absolute Gasteiger partial charge is 0.357 e. The quantitative estimate of drug-likeness (QED) is 0.798. The third-order valence-electron chi connectivity index (χ3n) is 2.76. The van der Waals surface area contributed by atoms with Crippen LogP contribution in [-0.4, -0.2) is 20.6 Å². The molecule has 1 atom stereocenters. The molecule has 1 aromatic carbocycles. The third-order valence-corrected chi connectivity index (χ3v) is 3.97. The van der Waals surface area contributed by atoms with Crippen molar-refractivity contribution in [3.05, 3.63) is 41.9 Å². The maximum absolute atomic E-state index is 5.96. The van der Waals surface area contributed by atoms with Crippen molar-refractivity contribution in [2.45, 2.75) is 19.5 Å². The van der Waals surface area contributed by atoms with E-state index in [-0.39, 0.29) is 6.04 Å². The number of hydrogen-bond acceptors (Lipinski definition) is 4. The lowest BCUT2D eigenvalue weighted by atomic mass is 10.3. The van der Waals surface area contributed by atoms with Crippen molar-refractivity contribution in [2.75, 3.05) is 5.32 Å². The highest BCUT2D eigenvalue weighted by Gasteiger charge is 2.08. The van der Waals surface area contributed by atoms with Crippen molar-refractivity contribution in [1.82, 2.24) is 14.5 Å². The van der Waals surface area contributed by atoms with E-state index in [1.54, 1.807) is 17.5 Å². The van der Waals surface area contributed by atoms with Gasteiger partial charge in [0.2, 0.25) is 0 Å². The molecule has 2 aromatic heterocycles. The van der Waals surface area contributed by atoms with Gasteiger partial charge in [0.1, 0.15) is 0 Å². The molecule has 3 rings (SSSR count). The predicted octanol–water partition coefficient (Wildman–Crippen LogP) is 3.65. The van der Waals surface area contributed by atoms with E-state index in [0.717, 1.165) is 26.9 Å². The minimum atomic E-state index is 0.283. The van der Waals surface area contributed by atoms with Crippen molar-refractivity contribution in [3.63, 3.8) is 0 Å². The fraction of sp³-hybridized carbons (Fsp3) is 0.231. The van der Waals surface area contributed by atoms with Crippen LogP contribution in [0.5, 0.6) is 0 Å². The number of rotatable bonds is 4. The van der Waals surface area contributed by atoms with E-state index >= 15 is 0 Å². The Hall–Kier alpha value is -1.59. The van der Waals surface area contributed by atoms with E-state index in [1.807, 2.05) is 35.3 Å². The van der Waals surface area contributed by atoms with Crippen molar-refractivity contribution in [3.8, 4) is 0 Å². The summed E-state index contributed by atoms with van der Waals surface area (Å²) in [4.78, 5) is 8.58. The van der Waals surface area contributed by atoms with Gasteiger partial charge in [0.15, 0.2) is 5.13 Å². The van der Waals surface area contributed by atoms with Gasteiger partial charge in [0, 0.05) is 30.0 Å². The second kappa shape index (κ2) is 5.19. The zero-order valence-electron chi connectivity index (χ0n) is 10.4. The van der Waals surface area contributed by atoms with Crippen LogP contribution >= 0.6 is 22.9 Å². The first kappa shape index (κ1) is 12.4. The average molecular weight is 293 g/mol. The molecule has 0 amide bonds. The first-order chi connectivity index (χ1) is 9.20. The SMILES string of the molecule is CC(Cn1ccnc1)Nc1nc2cc(Cl)ccc2s1. The lowest BCUT2D eigenvalue weighted by Gasteiger charge is -2.12. The van der Waals surface area contributed by atoms with Crippen molar-refractivity contribution in [2.24, 2.45) is 0 Å². The molecular weight excluding hydrogens is 280 g/mol. The fourth-order valence-electron chi connectivity index (χ4n) is 1.93. The Balaban J connectivity index is 1.74. The monoisotopic (exact) mass is 292 g/mol. The maximum atomic E-state index is 5.96. The number of benzene rings is 1. The molecule has 2 heterocycles. The average Bonchev–Trinajstić information content (AvgIpc) is 2.97. The molecule has 0 aliphatic heterocycles. The lowest BCUT2D eigenvalue weighted by Crippen LogP contribution is -2.21. The van der Waals surface area contributed by atoms with Crippen LogP contribution in [0.3, 0.4) is 0 Å². The normalized spacial score (nSPS) is 12.7. The second-order valence-corrected chi connectivity index (χ2v) is 5.90. The number of nitrogens with one attached hydrogen (secondary N) is 1. The zero-order chi connectivity index (χ0) is 13.2. The van der Waals surface area contributed by atoms with Gasteiger partial charge in [0.25, 0.3) is 0 Å². The highest BCUT2D eigenvalue weighted by molar-refractivity contribution is 7.22. The summed E-state index contributed by atoms with van der Waals surface area (Å²) in [5, 5.41) is 5.04. The molecule has 1 N–H and O–H groups in total. The molecule has 6 heteroatoms. The predicted molar refractivity (Wildman–Crippen MR) is 79.9 cm³/mol. The number of hydrogen-bond donors (Lipinski definition) is 1. The Labute approximate surface area is 120 Å². The third kappa shape index (κ3) is 2.88. The Morgan fingerprint density at radius 3 is 3.16 bits per heavy atom. The molecule has 0 saturated carbocycles. The van der Waals surface area contributed by atoms with Gasteiger partial charge in [-0.15, -0.1) is 0 Å². The van der Waals surface area contributed by atoms with Crippen LogP contribution in [0.15, 0.2) is 36.9 Å². The molecule has 0 aliphatic rings. The van der Waals surface area contributed by atoms with Crippen LogP contribution in [0, 0.1) is 0 Å². The second-order valence-electron chi connectivity index (χ2n) is 4.44. The van der Waals surface area contributed by atoms with E-state index in [9.17, 15) is 0 Å². The smallest absolute Gasteiger partial charge is 0.184 e. The van der Waals surface area contributed by atoms with Gasteiger partial charge in [-0.2, -0.15) is 0 Å². The molecule has 0 fully saturated rings. The molecule has 19 heavy (non-hydrogen) atoms. The van der Waals surface area contributed by atoms with Crippen LogP contribution < -0.4 is 5.32 Å². The van der Waals surface area contributed by atoms with Gasteiger partial charge in [-0.1, -0.05) is 22.9 Å². The number of fused-ring (bicyclic) bond motifs is 1. The molecule has 0 spiro atoms. The number of aromatic nitrogens is 3. The maximum Gasteiger partial charge on any atom is 0.184 e. The number of halogens is 1. The standard InChI is InChI=1S/C13H13ClN4S/c1-9(7-18-5-4-15-8-18)16-13-17-11-6-10(14)2-3-12(11)19-13/h2-6,8-9H,7H2,1H3,(H,16,17). The fourth-order valence-corrected chi connectivity index (χ4v) is 3.05. The molecule has 1 unspecified atom stereocenters. The molecule has 0 aliphatic carbocycles. The zero-order valence-corrected chi connectivity index (χ0v) is 11.9. The lowest BCUT2D eigenvalue weighted by molar-refractivity contribution is 0.618. The molecular formula is C13H13ClN4S. The highest BCUT2D eigenvalue weighted by Crippen LogP contribution is 2.28. The summed E-state index contributed by atoms with van der Waals surface area (Å²) in [6, 6.07) is 6.06. The van der Waals surface area contributed by atoms with Crippen LogP contribution in [0.1, 0.15) is 6.92 Å². The minimum Gasteiger partial charge on any atom is -0.357 e. The minimum absolute atomic E-state index is 0.283. The molecule has 98 valence electrons. The number of anilines is 1. The first-order valence-corrected chi connectivity index (χ1v) is 7.18. The van der Waals surface area contributed by atoms with E-state index in [4.69, 9.17) is 11.6 Å². The number of nitrogens with zero attached hydrogens (tertiary/aromatic N) is 3. The van der Waals surface area contributed by atoms with E-state index < -0.39 is 0 Å². The summed E-state index contributed by atoms with van der Waals surface area (Å²) in [5.74, 6) is 0. The molecule has 0 radical (unpaired) electrons. The number of imidazole rings is 1. The van der Waals surface area contributed by atoms with Crippen LogP contribution in [0.25, 0.3) is 10.2 Å². The van der Waals surface area contributed by atoms with Crippen LogP contribution in [-0.2, 0) is 6.54 Å². The highest BCUT2D eigenvalue weighted by atomic mass is 35.5. The van der Waals surface area contributed by atoms with Crippen molar-refractivity contribution < 1.29 is 0 Å². The summed E-state index contributed by atoms with van der Waals surface area (Å²) >= 11 is 7.60. The number of thiazole rings is 1. The Morgan fingerprint density at radius 2 is 2.37 bits per heavy atom. The van der Waals surface area contributed by atoms with Crippen LogP contribution in [0.2, 0.25) is 5.02 Å². The van der Waals surface area contributed by atoms with Gasteiger partial charge in [-0.05, 0) is 25.1 Å². The Bertz CT molecular complexity index is 677. The topological polar surface area (TPSA) is 42.7 Å². The van der Waals surface area contributed by atoms with Gasteiger partial charge in [-0.3, -0.25) is 0 Å². The molecule has 4 nitrogen and oxygen atoms in total. The van der Waals surface area contributed by atoms with Gasteiger partial charge in [-0.25, -0.2) is 9.97 Å². The van der Waals surface area contributed by atoms with Gasteiger partial charge in [0.05, 0.1) is 16.5 Å². The van der Waals surface area contributed by atoms with Crippen molar-refractivity contribution in [1.29, 1.82) is 0 Å². The van der Waals surface area contributed by atoms with E-state index in [0.29, 0.717) is 0 Å². The summed E-state index contributed by atoms with van der Waals surface area (Å²) in [5.41, 5.74) is 0.940. The van der Waals surface area contributed by atoms with Gasteiger partial charge >= 0.3 is 0 Å². The van der Waals surface area contributed by atoms with Gasteiger partial charge < -0.3 is 9.88 Å². The summed E-state index contributed by atoms with van der Waals surface area (Å²) in [6.45, 7) is 2.98. The summed E-state index contributed by atoms with van der Waals surface area (Å²) in [6.07, 6.45) is 5.55.